The van der Waals surface area contributed by atoms with Crippen LogP contribution in [0.25, 0.3) is 0 Å². The maximum atomic E-state index is 12.6. The molecular weight excluding hydrogens is 618 g/mol. The minimum atomic E-state index is -1.14. The zero-order valence-electron chi connectivity index (χ0n) is 31.3. The SMILES string of the molecule is CC/C=C/C=C/C=C/C=C/CCCCCC(=O)OCC(COCCC(C(=O)[O-])[N+](C)(C)C)OC(=O)CCCCCCC/C=C/C/C=C/CC. The fourth-order valence-electron chi connectivity index (χ4n) is 4.82. The van der Waals surface area contributed by atoms with Crippen LogP contribution in [0.4, 0.5) is 0 Å². The Bertz CT molecular complexity index is 1030. The van der Waals surface area contributed by atoms with Gasteiger partial charge in [0.05, 0.1) is 40.3 Å². The maximum absolute atomic E-state index is 12.6. The van der Waals surface area contributed by atoms with E-state index in [1.54, 1.807) is 21.1 Å². The van der Waals surface area contributed by atoms with Gasteiger partial charge in [0.15, 0.2) is 6.10 Å². The number of carboxylic acids is 1. The summed E-state index contributed by atoms with van der Waals surface area (Å²) in [5.74, 6) is -1.82. The molecule has 0 saturated carbocycles. The molecule has 2 unspecified atom stereocenters. The molecule has 0 radical (unpaired) electrons. The van der Waals surface area contributed by atoms with Gasteiger partial charge in [0.25, 0.3) is 0 Å². The monoisotopic (exact) mass is 685 g/mol. The minimum Gasteiger partial charge on any atom is -0.544 e. The molecule has 0 amide bonds. The van der Waals surface area contributed by atoms with E-state index in [1.807, 2.05) is 36.5 Å². The van der Waals surface area contributed by atoms with Gasteiger partial charge in [0.2, 0.25) is 0 Å². The Labute approximate surface area is 298 Å². The standard InChI is InChI=1S/C41H67NO7/c1-6-8-10-12-14-16-18-20-22-23-25-27-29-31-39(43)48-36-37(35-47-34-33-38(41(45)46)42(3,4)5)49-40(44)32-30-28-26-24-21-19-17-15-13-11-9-7-2/h8-12,14-18,20,22,37-38H,6-7,13,19,21,23-36H2,1-5H3/b10-8+,11-9+,14-12+,17-15+,18-16+,22-20+. The van der Waals surface area contributed by atoms with Crippen LogP contribution < -0.4 is 5.11 Å². The average molecular weight is 686 g/mol. The van der Waals surface area contributed by atoms with E-state index in [0.29, 0.717) is 12.8 Å². The summed E-state index contributed by atoms with van der Waals surface area (Å²) in [6.45, 7) is 4.31. The van der Waals surface area contributed by atoms with Crippen molar-refractivity contribution in [2.24, 2.45) is 0 Å². The van der Waals surface area contributed by atoms with Crippen LogP contribution in [0.1, 0.15) is 117 Å². The fraction of sp³-hybridized carbons (Fsp3) is 0.634. The van der Waals surface area contributed by atoms with Gasteiger partial charge in [-0.05, 0) is 57.8 Å². The van der Waals surface area contributed by atoms with Gasteiger partial charge in [-0.1, -0.05) is 112 Å². The topological polar surface area (TPSA) is 102 Å². The Morgan fingerprint density at radius 2 is 1.18 bits per heavy atom. The van der Waals surface area contributed by atoms with Crippen molar-refractivity contribution in [1.82, 2.24) is 0 Å². The lowest BCUT2D eigenvalue weighted by Crippen LogP contribution is -2.55. The molecule has 0 saturated heterocycles. The highest BCUT2D eigenvalue weighted by Crippen LogP contribution is 2.12. The number of likely N-dealkylation sites (N-methyl/N-ethyl adjacent to an activating group) is 1. The van der Waals surface area contributed by atoms with Gasteiger partial charge in [0.1, 0.15) is 12.6 Å². The molecule has 8 heteroatoms. The van der Waals surface area contributed by atoms with E-state index in [-0.39, 0.29) is 42.7 Å². The van der Waals surface area contributed by atoms with Crippen molar-refractivity contribution < 1.29 is 38.2 Å². The molecule has 0 aliphatic heterocycles. The summed E-state index contributed by atoms with van der Waals surface area (Å²) >= 11 is 0. The minimum absolute atomic E-state index is 0.0176. The highest BCUT2D eigenvalue weighted by Gasteiger charge is 2.25. The Kier molecular flexibility index (Phi) is 29.9. The Morgan fingerprint density at radius 3 is 1.84 bits per heavy atom. The first kappa shape index (κ1) is 45.8. The summed E-state index contributed by atoms with van der Waals surface area (Å²) in [6, 6.07) is -0.736. The molecular formula is C41H67NO7. The van der Waals surface area contributed by atoms with Gasteiger partial charge in [-0.25, -0.2) is 0 Å². The zero-order chi connectivity index (χ0) is 36.4. The van der Waals surface area contributed by atoms with Crippen molar-refractivity contribution in [2.45, 2.75) is 129 Å². The summed E-state index contributed by atoms with van der Waals surface area (Å²) < 4.78 is 17.0. The molecule has 0 fully saturated rings. The second-order valence-electron chi connectivity index (χ2n) is 13.1. The normalized spacial score (nSPS) is 13.9. The molecule has 0 N–H and O–H groups in total. The van der Waals surface area contributed by atoms with E-state index >= 15 is 0 Å². The molecule has 2 atom stereocenters. The molecule has 0 aliphatic carbocycles. The number of carbonyl (C=O) groups excluding carboxylic acids is 3. The third kappa shape index (κ3) is 30.6. The van der Waals surface area contributed by atoms with Crippen LogP contribution in [-0.4, -0.2) is 75.5 Å². The van der Waals surface area contributed by atoms with E-state index in [2.05, 4.69) is 50.3 Å². The summed E-state index contributed by atoms with van der Waals surface area (Å²) in [4.78, 5) is 36.6. The summed E-state index contributed by atoms with van der Waals surface area (Å²) in [5, 5.41) is 11.6. The first-order valence-corrected chi connectivity index (χ1v) is 18.5. The Morgan fingerprint density at radius 1 is 0.633 bits per heavy atom. The molecule has 0 heterocycles. The van der Waals surface area contributed by atoms with Crippen LogP contribution in [-0.2, 0) is 28.6 Å². The maximum Gasteiger partial charge on any atom is 0.306 e. The quantitative estimate of drug-likeness (QED) is 0.0240. The van der Waals surface area contributed by atoms with Crippen LogP contribution in [0, 0.1) is 0 Å². The number of hydrogen-bond donors (Lipinski definition) is 0. The number of carbonyl (C=O) groups is 3. The van der Waals surface area contributed by atoms with Crippen LogP contribution in [0.15, 0.2) is 72.9 Å². The molecule has 8 nitrogen and oxygen atoms in total. The molecule has 278 valence electrons. The highest BCUT2D eigenvalue weighted by molar-refractivity contribution is 5.70. The predicted octanol–water partition coefficient (Wildman–Crippen LogP) is 7.90. The second kappa shape index (κ2) is 32.0. The highest BCUT2D eigenvalue weighted by atomic mass is 16.6. The third-order valence-corrected chi connectivity index (χ3v) is 7.68. The zero-order valence-corrected chi connectivity index (χ0v) is 31.3. The molecule has 0 aromatic carbocycles. The van der Waals surface area contributed by atoms with Gasteiger partial charge in [0, 0.05) is 19.3 Å². The van der Waals surface area contributed by atoms with Crippen LogP contribution in [0.2, 0.25) is 0 Å². The van der Waals surface area contributed by atoms with Gasteiger partial charge in [-0.3, -0.25) is 9.59 Å². The lowest BCUT2D eigenvalue weighted by atomic mass is 10.1. The predicted molar refractivity (Wildman–Crippen MR) is 199 cm³/mol. The van der Waals surface area contributed by atoms with Gasteiger partial charge < -0.3 is 28.6 Å². The van der Waals surface area contributed by atoms with Crippen LogP contribution >= 0.6 is 0 Å². The van der Waals surface area contributed by atoms with Crippen LogP contribution in [0.5, 0.6) is 0 Å². The molecule has 0 aromatic heterocycles. The molecule has 0 rings (SSSR count). The molecule has 49 heavy (non-hydrogen) atoms. The van der Waals surface area contributed by atoms with E-state index in [9.17, 15) is 19.5 Å². The van der Waals surface area contributed by atoms with Crippen molar-refractivity contribution in [1.29, 1.82) is 0 Å². The second-order valence-corrected chi connectivity index (χ2v) is 13.1. The first-order chi connectivity index (χ1) is 23.6. The Hall–Kier alpha value is -3.23. The first-order valence-electron chi connectivity index (χ1n) is 18.5. The largest absolute Gasteiger partial charge is 0.544 e. The molecule has 0 bridgehead atoms. The number of carboxylic acid groups (broad SMARTS) is 1. The van der Waals surface area contributed by atoms with Crippen LogP contribution in [0.3, 0.4) is 0 Å². The smallest absolute Gasteiger partial charge is 0.306 e. The summed E-state index contributed by atoms with van der Waals surface area (Å²) in [7, 11) is 5.36. The fourth-order valence-corrected chi connectivity index (χ4v) is 4.82. The van der Waals surface area contributed by atoms with E-state index in [4.69, 9.17) is 14.2 Å². The number of hydrogen-bond acceptors (Lipinski definition) is 7. The van der Waals surface area contributed by atoms with E-state index in [0.717, 1.165) is 83.5 Å². The number of ether oxygens (including phenoxy) is 3. The van der Waals surface area contributed by atoms with Gasteiger partial charge >= 0.3 is 11.9 Å². The number of quaternary nitrogens is 1. The Balaban J connectivity index is 4.55. The average Bonchev–Trinajstić information content (AvgIpc) is 3.05. The number of rotatable bonds is 31. The van der Waals surface area contributed by atoms with Crippen molar-refractivity contribution >= 4 is 17.9 Å². The molecule has 0 aliphatic rings. The lowest BCUT2D eigenvalue weighted by molar-refractivity contribution is -0.889. The number of unbranched alkanes of at least 4 members (excludes halogenated alkanes) is 8. The number of nitrogens with zero attached hydrogens (tertiary/aromatic N) is 1. The van der Waals surface area contributed by atoms with Crippen molar-refractivity contribution in [3.8, 4) is 0 Å². The van der Waals surface area contributed by atoms with Gasteiger partial charge in [-0.2, -0.15) is 0 Å². The summed E-state index contributed by atoms with van der Waals surface area (Å²) in [5.41, 5.74) is 0. The van der Waals surface area contributed by atoms with Crippen molar-refractivity contribution in [3.05, 3.63) is 72.9 Å². The van der Waals surface area contributed by atoms with Crippen molar-refractivity contribution in [3.63, 3.8) is 0 Å². The third-order valence-electron chi connectivity index (χ3n) is 7.68. The van der Waals surface area contributed by atoms with E-state index in [1.165, 1.54) is 0 Å². The lowest BCUT2D eigenvalue weighted by Gasteiger charge is -2.34. The number of esters is 2. The van der Waals surface area contributed by atoms with Crippen molar-refractivity contribution in [2.75, 3.05) is 41.0 Å². The molecule has 0 aromatic rings. The number of allylic oxidation sites excluding steroid dienone is 12. The molecule has 0 spiro atoms. The van der Waals surface area contributed by atoms with Gasteiger partial charge in [-0.15, -0.1) is 0 Å². The number of aliphatic carboxylic acids is 1. The summed E-state index contributed by atoms with van der Waals surface area (Å²) in [6.07, 6.45) is 37.9. The van der Waals surface area contributed by atoms with E-state index < -0.39 is 18.1 Å².